The smallest absolute Gasteiger partial charge is 0.254 e. The van der Waals surface area contributed by atoms with Crippen LogP contribution in [0.25, 0.3) is 0 Å². The molecular weight excluding hydrogens is 294 g/mol. The van der Waals surface area contributed by atoms with Gasteiger partial charge in [-0.05, 0) is 53.1 Å². The number of benzene rings is 1. The maximum atomic E-state index is 12.9. The van der Waals surface area contributed by atoms with Gasteiger partial charge in [-0.25, -0.2) is 0 Å². The van der Waals surface area contributed by atoms with Crippen molar-refractivity contribution in [2.75, 3.05) is 0 Å². The molecular formula is C18H17NO2S. The number of furan rings is 1. The van der Waals surface area contributed by atoms with Crippen molar-refractivity contribution in [1.29, 1.82) is 0 Å². The summed E-state index contributed by atoms with van der Waals surface area (Å²) in [6, 6.07) is 13.5. The molecule has 0 saturated heterocycles. The molecule has 0 saturated carbocycles. The minimum Gasteiger partial charge on any atom is -0.467 e. The van der Waals surface area contributed by atoms with Gasteiger partial charge in [-0.15, -0.1) is 0 Å². The molecule has 0 spiro atoms. The third-order valence-corrected chi connectivity index (χ3v) is 4.28. The molecule has 0 unspecified atom stereocenters. The number of carbonyl (C=O) groups is 1. The van der Waals surface area contributed by atoms with Crippen molar-refractivity contribution in [2.45, 2.75) is 20.0 Å². The Kier molecular flexibility index (Phi) is 4.39. The van der Waals surface area contributed by atoms with E-state index in [1.165, 1.54) is 0 Å². The van der Waals surface area contributed by atoms with Crippen LogP contribution < -0.4 is 0 Å². The highest BCUT2D eigenvalue weighted by molar-refractivity contribution is 7.07. The van der Waals surface area contributed by atoms with Crippen molar-refractivity contribution in [3.63, 3.8) is 0 Å². The molecule has 0 aliphatic heterocycles. The summed E-state index contributed by atoms with van der Waals surface area (Å²) < 4.78 is 5.41. The molecule has 0 bridgehead atoms. The molecule has 4 heteroatoms. The second-order valence-electron chi connectivity index (χ2n) is 5.19. The lowest BCUT2D eigenvalue weighted by Crippen LogP contribution is -2.30. The first kappa shape index (κ1) is 14.6. The molecule has 0 fully saturated rings. The molecule has 0 N–H and O–H groups in total. The van der Waals surface area contributed by atoms with Crippen molar-refractivity contribution >= 4 is 17.2 Å². The van der Waals surface area contributed by atoms with E-state index in [-0.39, 0.29) is 5.91 Å². The van der Waals surface area contributed by atoms with E-state index in [1.54, 1.807) is 17.6 Å². The number of rotatable bonds is 5. The van der Waals surface area contributed by atoms with Crippen molar-refractivity contribution in [2.24, 2.45) is 0 Å². The van der Waals surface area contributed by atoms with E-state index in [9.17, 15) is 4.79 Å². The Bertz CT molecular complexity index is 696. The number of hydrogen-bond donors (Lipinski definition) is 0. The Labute approximate surface area is 133 Å². The Morgan fingerprint density at radius 3 is 2.68 bits per heavy atom. The average Bonchev–Trinajstić information content (AvgIpc) is 3.20. The summed E-state index contributed by atoms with van der Waals surface area (Å²) in [5.41, 5.74) is 2.87. The van der Waals surface area contributed by atoms with Crippen LogP contribution in [0.1, 0.15) is 27.2 Å². The van der Waals surface area contributed by atoms with Crippen LogP contribution in [0.5, 0.6) is 0 Å². The van der Waals surface area contributed by atoms with Gasteiger partial charge in [-0.3, -0.25) is 4.79 Å². The zero-order valence-corrected chi connectivity index (χ0v) is 13.2. The molecule has 3 rings (SSSR count). The monoisotopic (exact) mass is 311 g/mol. The van der Waals surface area contributed by atoms with Gasteiger partial charge in [0, 0.05) is 12.1 Å². The first-order valence-corrected chi connectivity index (χ1v) is 8.06. The second-order valence-corrected chi connectivity index (χ2v) is 5.97. The maximum absolute atomic E-state index is 12.9. The topological polar surface area (TPSA) is 33.5 Å². The van der Waals surface area contributed by atoms with Gasteiger partial charge in [0.2, 0.25) is 0 Å². The molecule has 0 aliphatic rings. The number of aryl methyl sites for hydroxylation is 1. The Balaban J connectivity index is 1.87. The summed E-state index contributed by atoms with van der Waals surface area (Å²) in [5, 5.41) is 4.10. The van der Waals surface area contributed by atoms with Crippen LogP contribution in [0.3, 0.4) is 0 Å². The van der Waals surface area contributed by atoms with Crippen LogP contribution in [-0.2, 0) is 13.1 Å². The Morgan fingerprint density at radius 2 is 2.00 bits per heavy atom. The lowest BCUT2D eigenvalue weighted by Gasteiger charge is -2.22. The maximum Gasteiger partial charge on any atom is 0.254 e. The largest absolute Gasteiger partial charge is 0.467 e. The quantitative estimate of drug-likeness (QED) is 0.695. The van der Waals surface area contributed by atoms with E-state index in [0.29, 0.717) is 13.1 Å². The third-order valence-electron chi connectivity index (χ3n) is 3.54. The first-order valence-electron chi connectivity index (χ1n) is 7.12. The van der Waals surface area contributed by atoms with Crippen LogP contribution >= 0.6 is 11.3 Å². The molecule has 2 aromatic heterocycles. The van der Waals surface area contributed by atoms with Crippen molar-refractivity contribution in [3.05, 3.63) is 81.9 Å². The van der Waals surface area contributed by atoms with Gasteiger partial charge in [0.25, 0.3) is 5.91 Å². The van der Waals surface area contributed by atoms with Crippen LogP contribution in [0.4, 0.5) is 0 Å². The zero-order valence-electron chi connectivity index (χ0n) is 12.4. The summed E-state index contributed by atoms with van der Waals surface area (Å²) in [6.45, 7) is 3.01. The number of carbonyl (C=O) groups excluding carboxylic acids is 1. The minimum atomic E-state index is 0.0284. The van der Waals surface area contributed by atoms with Crippen molar-refractivity contribution in [3.8, 4) is 0 Å². The summed E-state index contributed by atoms with van der Waals surface area (Å²) in [7, 11) is 0. The van der Waals surface area contributed by atoms with E-state index in [0.717, 1.165) is 22.5 Å². The molecule has 22 heavy (non-hydrogen) atoms. The highest BCUT2D eigenvalue weighted by atomic mass is 32.1. The van der Waals surface area contributed by atoms with Gasteiger partial charge in [0.05, 0.1) is 12.8 Å². The third kappa shape index (κ3) is 3.28. The molecule has 0 radical (unpaired) electrons. The van der Waals surface area contributed by atoms with Crippen LogP contribution in [0.15, 0.2) is 63.9 Å². The van der Waals surface area contributed by atoms with E-state index in [4.69, 9.17) is 4.42 Å². The highest BCUT2D eigenvalue weighted by Crippen LogP contribution is 2.18. The van der Waals surface area contributed by atoms with Crippen molar-refractivity contribution in [1.82, 2.24) is 4.90 Å². The molecule has 3 nitrogen and oxygen atoms in total. The summed E-state index contributed by atoms with van der Waals surface area (Å²) in [6.07, 6.45) is 1.64. The van der Waals surface area contributed by atoms with Crippen molar-refractivity contribution < 1.29 is 9.21 Å². The minimum absolute atomic E-state index is 0.0284. The van der Waals surface area contributed by atoms with Crippen LogP contribution in [-0.4, -0.2) is 10.8 Å². The van der Waals surface area contributed by atoms with Gasteiger partial charge in [-0.2, -0.15) is 11.3 Å². The van der Waals surface area contributed by atoms with Gasteiger partial charge in [-0.1, -0.05) is 18.2 Å². The number of thiophene rings is 1. The summed E-state index contributed by atoms with van der Waals surface area (Å²) in [4.78, 5) is 14.7. The van der Waals surface area contributed by atoms with Gasteiger partial charge in [0.15, 0.2) is 0 Å². The van der Waals surface area contributed by atoms with Gasteiger partial charge >= 0.3 is 0 Å². The summed E-state index contributed by atoms with van der Waals surface area (Å²) in [5.74, 6) is 0.817. The second kappa shape index (κ2) is 6.62. The number of amides is 1. The SMILES string of the molecule is Cc1ccccc1C(=O)N(Cc1ccsc1)Cc1ccco1. The molecule has 1 aromatic carbocycles. The molecule has 3 aromatic rings. The number of hydrogen-bond acceptors (Lipinski definition) is 3. The molecule has 2 heterocycles. The molecule has 1 amide bonds. The fourth-order valence-electron chi connectivity index (χ4n) is 2.38. The van der Waals surface area contributed by atoms with E-state index >= 15 is 0 Å². The van der Waals surface area contributed by atoms with Crippen LogP contribution in [0.2, 0.25) is 0 Å². The van der Waals surface area contributed by atoms with E-state index < -0.39 is 0 Å². The van der Waals surface area contributed by atoms with Gasteiger partial charge in [0.1, 0.15) is 5.76 Å². The van der Waals surface area contributed by atoms with E-state index in [2.05, 4.69) is 5.38 Å². The van der Waals surface area contributed by atoms with Crippen LogP contribution in [0, 0.1) is 6.92 Å². The standard InChI is InChI=1S/C18H17NO2S/c1-14-5-2-3-7-17(14)18(20)19(11-15-8-10-22-13-15)12-16-6-4-9-21-16/h2-10,13H,11-12H2,1H3. The zero-order chi connectivity index (χ0) is 15.4. The fraction of sp³-hybridized carbons (Fsp3) is 0.167. The normalized spacial score (nSPS) is 10.6. The molecule has 0 aliphatic carbocycles. The summed E-state index contributed by atoms with van der Waals surface area (Å²) >= 11 is 1.64. The Hall–Kier alpha value is -2.33. The number of nitrogens with zero attached hydrogens (tertiary/aromatic N) is 1. The molecule has 0 atom stereocenters. The predicted octanol–water partition coefficient (Wildman–Crippen LogP) is 4.49. The lowest BCUT2D eigenvalue weighted by molar-refractivity contribution is 0.0717. The lowest BCUT2D eigenvalue weighted by atomic mass is 10.1. The molecule has 112 valence electrons. The first-order chi connectivity index (χ1) is 10.7. The predicted molar refractivity (Wildman–Crippen MR) is 87.8 cm³/mol. The fourth-order valence-corrected chi connectivity index (χ4v) is 3.04. The van der Waals surface area contributed by atoms with E-state index in [1.807, 2.05) is 59.7 Å². The van der Waals surface area contributed by atoms with Gasteiger partial charge < -0.3 is 9.32 Å². The average molecular weight is 311 g/mol. The highest BCUT2D eigenvalue weighted by Gasteiger charge is 2.19. The Morgan fingerprint density at radius 1 is 1.14 bits per heavy atom.